The van der Waals surface area contributed by atoms with Crippen molar-refractivity contribution < 1.29 is 59.8 Å². The van der Waals surface area contributed by atoms with Crippen LogP contribution >= 0.6 is 0 Å². The van der Waals surface area contributed by atoms with E-state index in [9.17, 15) is 40.9 Å². The third-order valence-electron chi connectivity index (χ3n) is 13.8. The number of rotatable bonds is 10. The summed E-state index contributed by atoms with van der Waals surface area (Å²) in [5.41, 5.74) is 13.8. The molecule has 0 amide bonds. The first kappa shape index (κ1) is 48.9. The number of aliphatic hydroxyl groups excluding tert-OH is 8. The quantitative estimate of drug-likeness (QED) is 0.0722. The highest BCUT2D eigenvalue weighted by Crippen LogP contribution is 2.40. The van der Waals surface area contributed by atoms with E-state index < -0.39 is 74.6 Å². The highest BCUT2D eigenvalue weighted by molar-refractivity contribution is 6.00. The van der Waals surface area contributed by atoms with Crippen molar-refractivity contribution in [1.82, 2.24) is 19.9 Å². The second-order valence-electron chi connectivity index (χ2n) is 18.9. The molecule has 10 unspecified atom stereocenters. The number of benzene rings is 4. The first-order chi connectivity index (χ1) is 35.8. The van der Waals surface area contributed by atoms with Crippen molar-refractivity contribution in [1.29, 1.82) is 0 Å². The molecule has 0 spiro atoms. The van der Waals surface area contributed by atoms with Crippen LogP contribution in [-0.2, 0) is 9.47 Å². The number of nitrogens with one attached hydrogen (secondary N) is 2. The summed E-state index contributed by atoms with van der Waals surface area (Å²) in [5, 5.41) is 83.5. The fourth-order valence-electron chi connectivity index (χ4n) is 10.1. The highest BCUT2D eigenvalue weighted by atomic mass is 16.7. The summed E-state index contributed by atoms with van der Waals surface area (Å²) in [4.78, 5) is 18.2. The van der Waals surface area contributed by atoms with Crippen LogP contribution in [0.1, 0.15) is 33.9 Å². The maximum absolute atomic E-state index is 10.9. The van der Waals surface area contributed by atoms with E-state index in [-0.39, 0.29) is 11.5 Å². The molecule has 7 aromatic rings. The number of ether oxygens (including phenoxy) is 4. The summed E-state index contributed by atoms with van der Waals surface area (Å²) >= 11 is 0. The van der Waals surface area contributed by atoms with Crippen LogP contribution in [-0.4, -0.2) is 135 Å². The van der Waals surface area contributed by atoms with E-state index in [0.717, 1.165) is 44.4 Å². The molecule has 4 aliphatic heterocycles. The second-order valence-corrected chi connectivity index (χ2v) is 18.9. The Balaban J connectivity index is 1.15. The van der Waals surface area contributed by atoms with E-state index in [1.54, 1.807) is 36.4 Å². The summed E-state index contributed by atoms with van der Waals surface area (Å²) in [5.74, 6) is 0.573. The zero-order chi connectivity index (χ0) is 51.4. The molecule has 74 heavy (non-hydrogen) atoms. The number of H-pyrrole nitrogens is 2. The number of aromatic amines is 2. The van der Waals surface area contributed by atoms with Crippen molar-refractivity contribution in [2.75, 3.05) is 13.2 Å². The zero-order valence-electron chi connectivity index (χ0n) is 40.1. The van der Waals surface area contributed by atoms with Crippen LogP contribution in [0.2, 0.25) is 0 Å². The maximum Gasteiger partial charge on any atom is 0.229 e. The lowest BCUT2D eigenvalue weighted by Crippen LogP contribution is -2.60. The average molecular weight is 999 g/mol. The minimum atomic E-state index is -1.62. The lowest BCUT2D eigenvalue weighted by molar-refractivity contribution is -0.277. The number of nitrogens with zero attached hydrogens (tertiary/aromatic N) is 2. The third kappa shape index (κ3) is 9.22. The Hall–Kier alpha value is -7.32. The van der Waals surface area contributed by atoms with E-state index in [2.05, 4.69) is 22.1 Å². The van der Waals surface area contributed by atoms with Crippen molar-refractivity contribution in [2.24, 2.45) is 0 Å². The summed E-state index contributed by atoms with van der Waals surface area (Å²) < 4.78 is 23.7. The molecule has 4 aromatic carbocycles. The van der Waals surface area contributed by atoms with Crippen LogP contribution < -0.4 is 9.47 Å². The van der Waals surface area contributed by atoms with Crippen LogP contribution in [0.25, 0.3) is 90.9 Å². The number of fused-ring (bicyclic) bond motifs is 8. The fraction of sp³-hybridized carbons (Fsp3) is 0.241. The minimum absolute atomic E-state index is 0.287. The molecule has 3 aromatic heterocycles. The molecule has 0 aliphatic carbocycles. The lowest BCUT2D eigenvalue weighted by Gasteiger charge is -2.39. The van der Waals surface area contributed by atoms with E-state index in [1.807, 2.05) is 111 Å². The summed E-state index contributed by atoms with van der Waals surface area (Å²) in [6.45, 7) is 2.86. The first-order valence-corrected chi connectivity index (χ1v) is 24.3. The summed E-state index contributed by atoms with van der Waals surface area (Å²) in [6, 6.07) is 38.7. The van der Waals surface area contributed by atoms with Gasteiger partial charge in [-0.2, -0.15) is 0 Å². The maximum atomic E-state index is 10.9. The number of hydrogen-bond acceptors (Lipinski definition) is 14. The van der Waals surface area contributed by atoms with E-state index in [4.69, 9.17) is 28.9 Å². The predicted octanol–water partition coefficient (Wildman–Crippen LogP) is 6.30. The molecular weight excluding hydrogens is 945 g/mol. The molecular formula is C58H54N4O12. The number of hydrogen-bond donors (Lipinski definition) is 10. The average Bonchev–Trinajstić information content (AvgIpc) is 4.27. The molecule has 10 atom stereocenters. The standard InChI is InChI=1S/C58H54N4O12/c1-29-7-3-9-31(23-29)47-37-15-19-41(59-37)49(33-11-5-13-35(25-33)71-57-55(69)53(67)51(65)45(27-63)73-57)43-21-17-39(61-43)48(32-10-4-8-30(2)24-32)40-18-22-44(62-40)50(42-20-16-38(47)60-42)34-12-6-14-36(26-34)72-58-56(70)54(68)52(66)46(28-64)74-58/h3-26,45-46,51-59,62-70H,27-28H2,1-2H3. The Bertz CT molecular complexity index is 3260. The Kier molecular flexibility index (Phi) is 13.3. The monoisotopic (exact) mass is 998 g/mol. The Labute approximate surface area is 424 Å². The fourth-order valence-corrected chi connectivity index (χ4v) is 10.1. The normalized spacial score (nSPS) is 24.5. The molecule has 378 valence electrons. The molecule has 10 N–H and O–H groups in total. The SMILES string of the molecule is Cc1cccc(-c2c3nc(c(-c4cccc(OC5OC(CO)C(O)C(O)C5O)c4)c4ccc([nH]4)c(-c4cccc(C)c4)c4nc(c(-c5cccc(OC6OC(CO)C(O)C(O)C6O)c5)c5ccc2[nH]5)C=C4)C=C3)c1. The van der Waals surface area contributed by atoms with Crippen molar-refractivity contribution in [2.45, 2.75) is 75.3 Å². The molecule has 11 rings (SSSR count). The molecule has 16 nitrogen and oxygen atoms in total. The zero-order valence-corrected chi connectivity index (χ0v) is 40.1. The summed E-state index contributed by atoms with van der Waals surface area (Å²) in [6.07, 6.45) is -6.79. The van der Waals surface area contributed by atoms with Crippen LogP contribution in [0.3, 0.4) is 0 Å². The van der Waals surface area contributed by atoms with Gasteiger partial charge in [-0.3, -0.25) is 0 Å². The highest BCUT2D eigenvalue weighted by Gasteiger charge is 2.46. The van der Waals surface area contributed by atoms with Gasteiger partial charge in [-0.25, -0.2) is 9.97 Å². The van der Waals surface area contributed by atoms with Gasteiger partial charge in [0.2, 0.25) is 12.6 Å². The lowest BCUT2D eigenvalue weighted by atomic mass is 9.99. The van der Waals surface area contributed by atoms with Gasteiger partial charge >= 0.3 is 0 Å². The van der Waals surface area contributed by atoms with Gasteiger partial charge in [-0.1, -0.05) is 83.9 Å². The van der Waals surface area contributed by atoms with Gasteiger partial charge in [0, 0.05) is 44.3 Å². The number of aromatic nitrogens is 4. The van der Waals surface area contributed by atoms with Crippen molar-refractivity contribution in [3.05, 3.63) is 155 Å². The smallest absolute Gasteiger partial charge is 0.229 e. The third-order valence-corrected chi connectivity index (χ3v) is 13.8. The van der Waals surface area contributed by atoms with Crippen molar-refractivity contribution >= 4 is 46.4 Å². The van der Waals surface area contributed by atoms with Gasteiger partial charge in [0.15, 0.2) is 0 Å². The predicted molar refractivity (Wildman–Crippen MR) is 279 cm³/mol. The van der Waals surface area contributed by atoms with Crippen LogP contribution in [0, 0.1) is 13.8 Å². The van der Waals surface area contributed by atoms with Gasteiger partial charge in [0.25, 0.3) is 0 Å². The van der Waals surface area contributed by atoms with Gasteiger partial charge in [-0.05, 0) is 109 Å². The first-order valence-electron chi connectivity index (χ1n) is 24.3. The van der Waals surface area contributed by atoms with Crippen molar-refractivity contribution in [3.8, 4) is 56.0 Å². The molecule has 7 heterocycles. The van der Waals surface area contributed by atoms with Gasteiger partial charge in [-0.15, -0.1) is 0 Å². The molecule has 16 heteroatoms. The molecule has 0 saturated carbocycles. The van der Waals surface area contributed by atoms with Gasteiger partial charge < -0.3 is 69.8 Å². The largest absolute Gasteiger partial charge is 0.462 e. The molecule has 0 radical (unpaired) electrons. The van der Waals surface area contributed by atoms with Crippen LogP contribution in [0.5, 0.6) is 11.5 Å². The molecule has 2 saturated heterocycles. The topological polar surface area (TPSA) is 256 Å². The van der Waals surface area contributed by atoms with Gasteiger partial charge in [0.1, 0.15) is 60.3 Å². The van der Waals surface area contributed by atoms with E-state index in [0.29, 0.717) is 56.1 Å². The van der Waals surface area contributed by atoms with E-state index in [1.165, 1.54) is 0 Å². The summed E-state index contributed by atoms with van der Waals surface area (Å²) in [7, 11) is 0. The number of aliphatic hydroxyl groups is 8. The van der Waals surface area contributed by atoms with Crippen molar-refractivity contribution in [3.63, 3.8) is 0 Å². The molecule has 4 aliphatic rings. The van der Waals surface area contributed by atoms with Gasteiger partial charge in [0.05, 0.1) is 36.0 Å². The minimum Gasteiger partial charge on any atom is -0.462 e. The molecule has 8 bridgehead atoms. The Morgan fingerprint density at radius 3 is 1.07 bits per heavy atom. The Morgan fingerprint density at radius 1 is 0.419 bits per heavy atom. The number of aryl methyl sites for hydroxylation is 2. The van der Waals surface area contributed by atoms with Crippen LogP contribution in [0.15, 0.2) is 121 Å². The van der Waals surface area contributed by atoms with Crippen LogP contribution in [0.4, 0.5) is 0 Å². The van der Waals surface area contributed by atoms with E-state index >= 15 is 0 Å². The Morgan fingerprint density at radius 2 is 0.743 bits per heavy atom. The molecule has 2 fully saturated rings. The second kappa shape index (κ2) is 20.2.